The lowest BCUT2D eigenvalue weighted by atomic mass is 9.78. The Morgan fingerprint density at radius 1 is 0.783 bits per heavy atom. The van der Waals surface area contributed by atoms with Gasteiger partial charge in [-0.3, -0.25) is 0 Å². The van der Waals surface area contributed by atoms with Crippen LogP contribution in [0.15, 0.2) is 48.5 Å². The van der Waals surface area contributed by atoms with E-state index >= 15 is 0 Å². The van der Waals surface area contributed by atoms with Crippen molar-refractivity contribution in [1.29, 1.82) is 0 Å². The third-order valence-corrected chi connectivity index (χ3v) is 3.97. The van der Waals surface area contributed by atoms with E-state index < -0.39 is 7.12 Å². The van der Waals surface area contributed by atoms with Gasteiger partial charge in [-0.05, 0) is 39.6 Å². The van der Waals surface area contributed by atoms with E-state index in [9.17, 15) is 5.02 Å². The molecule has 0 spiro atoms. The molecule has 3 heteroatoms. The summed E-state index contributed by atoms with van der Waals surface area (Å²) in [6.07, 6.45) is 0. The fraction of sp³-hybridized carbons (Fsp3) is 0.400. The van der Waals surface area contributed by atoms with Crippen molar-refractivity contribution in [2.75, 3.05) is 0 Å². The molecule has 0 unspecified atom stereocenters. The van der Waals surface area contributed by atoms with Gasteiger partial charge in [-0.15, -0.1) is 0 Å². The molecule has 0 radical (unpaired) electrons. The molecule has 0 bridgehead atoms. The van der Waals surface area contributed by atoms with E-state index in [0.29, 0.717) is 5.75 Å². The van der Waals surface area contributed by atoms with Crippen LogP contribution in [-0.2, 0) is 10.8 Å². The van der Waals surface area contributed by atoms with Gasteiger partial charge in [0.1, 0.15) is 5.75 Å². The van der Waals surface area contributed by atoms with Gasteiger partial charge < -0.3 is 9.68 Å². The smallest absolute Gasteiger partial charge is 0.532 e. The summed E-state index contributed by atoms with van der Waals surface area (Å²) in [7, 11) is -0.959. The van der Waals surface area contributed by atoms with E-state index in [-0.39, 0.29) is 10.8 Å². The lowest BCUT2D eigenvalue weighted by Crippen LogP contribution is -2.36. The van der Waals surface area contributed by atoms with Crippen molar-refractivity contribution in [2.45, 2.75) is 52.4 Å². The Morgan fingerprint density at radius 2 is 1.26 bits per heavy atom. The standard InChI is InChI=1S/C20H27BO2/c1-19(2,3)15-12-16(20(4,5)6)14-18(13-15)23-21(22)17-10-8-7-9-11-17/h7-14,22H,1-6H3. The first kappa shape index (κ1) is 17.6. The van der Waals surface area contributed by atoms with Gasteiger partial charge in [0.05, 0.1) is 0 Å². The van der Waals surface area contributed by atoms with Crippen molar-refractivity contribution in [3.63, 3.8) is 0 Å². The van der Waals surface area contributed by atoms with Gasteiger partial charge in [-0.2, -0.15) is 0 Å². The predicted molar refractivity (Wildman–Crippen MR) is 98.5 cm³/mol. The summed E-state index contributed by atoms with van der Waals surface area (Å²) in [5.41, 5.74) is 3.22. The average molecular weight is 310 g/mol. The summed E-state index contributed by atoms with van der Waals surface area (Å²) >= 11 is 0. The van der Waals surface area contributed by atoms with Crippen LogP contribution >= 0.6 is 0 Å². The van der Waals surface area contributed by atoms with E-state index in [1.165, 1.54) is 11.1 Å². The lowest BCUT2D eigenvalue weighted by Gasteiger charge is -2.26. The van der Waals surface area contributed by atoms with Crippen LogP contribution in [0.1, 0.15) is 52.7 Å². The highest BCUT2D eigenvalue weighted by Crippen LogP contribution is 2.33. The maximum Gasteiger partial charge on any atom is 0.560 e. The molecule has 122 valence electrons. The summed E-state index contributed by atoms with van der Waals surface area (Å²) in [6.45, 7) is 13.1. The summed E-state index contributed by atoms with van der Waals surface area (Å²) in [6, 6.07) is 15.7. The van der Waals surface area contributed by atoms with Gasteiger partial charge in [-0.1, -0.05) is 77.9 Å². The van der Waals surface area contributed by atoms with Gasteiger partial charge in [0, 0.05) is 0 Å². The minimum atomic E-state index is -0.959. The zero-order valence-corrected chi connectivity index (χ0v) is 15.1. The van der Waals surface area contributed by atoms with Gasteiger partial charge in [0.2, 0.25) is 0 Å². The minimum absolute atomic E-state index is 0.0249. The van der Waals surface area contributed by atoms with Crippen molar-refractivity contribution in [3.8, 4) is 5.75 Å². The van der Waals surface area contributed by atoms with E-state index in [2.05, 4.69) is 47.6 Å². The van der Waals surface area contributed by atoms with Crippen molar-refractivity contribution >= 4 is 12.6 Å². The van der Waals surface area contributed by atoms with Gasteiger partial charge >= 0.3 is 7.12 Å². The highest BCUT2D eigenvalue weighted by molar-refractivity contribution is 6.60. The molecule has 1 N–H and O–H groups in total. The summed E-state index contributed by atoms with van der Waals surface area (Å²) in [4.78, 5) is 0. The van der Waals surface area contributed by atoms with E-state index in [4.69, 9.17) is 4.65 Å². The van der Waals surface area contributed by atoms with Crippen LogP contribution in [-0.4, -0.2) is 12.1 Å². The summed E-state index contributed by atoms with van der Waals surface area (Å²) in [5, 5.41) is 10.3. The summed E-state index contributed by atoms with van der Waals surface area (Å²) in [5.74, 6) is 0.707. The van der Waals surface area contributed by atoms with Crippen molar-refractivity contribution in [3.05, 3.63) is 59.7 Å². The average Bonchev–Trinajstić information content (AvgIpc) is 2.46. The number of rotatable bonds is 3. The predicted octanol–water partition coefficient (Wildman–Crippen LogP) is 4.05. The molecule has 0 saturated carbocycles. The highest BCUT2D eigenvalue weighted by Gasteiger charge is 2.23. The largest absolute Gasteiger partial charge is 0.560 e. The quantitative estimate of drug-likeness (QED) is 0.867. The second-order valence-corrected chi connectivity index (χ2v) is 8.13. The second-order valence-electron chi connectivity index (χ2n) is 8.13. The molecule has 0 saturated heterocycles. The maximum atomic E-state index is 10.3. The fourth-order valence-electron chi connectivity index (χ4n) is 2.35. The Hall–Kier alpha value is -1.74. The Balaban J connectivity index is 2.38. The Bertz CT molecular complexity index is 619. The number of hydrogen-bond donors (Lipinski definition) is 1. The van der Waals surface area contributed by atoms with Gasteiger partial charge in [0.15, 0.2) is 0 Å². The van der Waals surface area contributed by atoms with E-state index in [1.807, 2.05) is 42.5 Å². The van der Waals surface area contributed by atoms with Crippen LogP contribution in [0, 0.1) is 0 Å². The van der Waals surface area contributed by atoms with Crippen LogP contribution in [0.25, 0.3) is 0 Å². The van der Waals surface area contributed by atoms with Crippen molar-refractivity contribution in [2.24, 2.45) is 0 Å². The molecule has 0 aliphatic carbocycles. The molecule has 2 aromatic rings. The van der Waals surface area contributed by atoms with Crippen LogP contribution in [0.3, 0.4) is 0 Å². The Kier molecular flexibility index (Phi) is 4.91. The second kappa shape index (κ2) is 6.41. The minimum Gasteiger partial charge on any atom is -0.532 e. The SMILES string of the molecule is CC(C)(C)c1cc(OB(O)c2ccccc2)cc(C(C)(C)C)c1. The van der Waals surface area contributed by atoms with Crippen LogP contribution < -0.4 is 10.1 Å². The lowest BCUT2D eigenvalue weighted by molar-refractivity contribution is 0.429. The molecule has 23 heavy (non-hydrogen) atoms. The van der Waals surface area contributed by atoms with Crippen LogP contribution in [0.4, 0.5) is 0 Å². The first-order valence-corrected chi connectivity index (χ1v) is 8.13. The molecule has 0 heterocycles. The highest BCUT2D eigenvalue weighted by atomic mass is 16.5. The topological polar surface area (TPSA) is 29.5 Å². The van der Waals surface area contributed by atoms with Gasteiger partial charge in [-0.25, -0.2) is 0 Å². The molecular formula is C20H27BO2. The molecule has 2 rings (SSSR count). The Labute approximate surface area is 140 Å². The van der Waals surface area contributed by atoms with Crippen molar-refractivity contribution in [1.82, 2.24) is 0 Å². The zero-order chi connectivity index (χ0) is 17.3. The first-order chi connectivity index (χ1) is 10.6. The van der Waals surface area contributed by atoms with Crippen LogP contribution in [0.5, 0.6) is 5.75 Å². The summed E-state index contributed by atoms with van der Waals surface area (Å²) < 4.78 is 5.83. The number of benzene rings is 2. The number of hydrogen-bond acceptors (Lipinski definition) is 2. The Morgan fingerprint density at radius 3 is 1.70 bits per heavy atom. The normalized spacial score (nSPS) is 12.1. The molecule has 0 fully saturated rings. The van der Waals surface area contributed by atoms with Crippen molar-refractivity contribution < 1.29 is 9.68 Å². The molecule has 0 aliphatic rings. The molecule has 2 aromatic carbocycles. The van der Waals surface area contributed by atoms with Crippen LogP contribution in [0.2, 0.25) is 0 Å². The molecule has 2 nitrogen and oxygen atoms in total. The zero-order valence-electron chi connectivity index (χ0n) is 15.1. The molecule has 0 aromatic heterocycles. The maximum absolute atomic E-state index is 10.3. The molecule has 0 amide bonds. The molecular weight excluding hydrogens is 283 g/mol. The van der Waals surface area contributed by atoms with E-state index in [0.717, 1.165) is 5.46 Å². The monoisotopic (exact) mass is 310 g/mol. The third kappa shape index (κ3) is 4.62. The first-order valence-electron chi connectivity index (χ1n) is 8.13. The van der Waals surface area contributed by atoms with E-state index in [1.54, 1.807) is 0 Å². The fourth-order valence-corrected chi connectivity index (χ4v) is 2.35. The third-order valence-electron chi connectivity index (χ3n) is 3.97. The molecule has 0 aliphatic heterocycles. The molecule has 0 atom stereocenters. The van der Waals surface area contributed by atoms with Gasteiger partial charge in [0.25, 0.3) is 0 Å².